The highest BCUT2D eigenvalue weighted by molar-refractivity contribution is 6.34. The van der Waals surface area contributed by atoms with Crippen LogP contribution in [0.5, 0.6) is 11.6 Å². The van der Waals surface area contributed by atoms with Crippen molar-refractivity contribution in [3.8, 4) is 11.6 Å². The van der Waals surface area contributed by atoms with Gasteiger partial charge in [0.2, 0.25) is 5.88 Å². The van der Waals surface area contributed by atoms with Gasteiger partial charge in [0.25, 0.3) is 0 Å². The molecule has 17 heavy (non-hydrogen) atoms. The molecule has 0 aliphatic carbocycles. The van der Waals surface area contributed by atoms with Crippen molar-refractivity contribution in [2.24, 2.45) is 0 Å². The van der Waals surface area contributed by atoms with Crippen LogP contribution < -0.4 is 4.74 Å². The molecule has 0 aliphatic heterocycles. The van der Waals surface area contributed by atoms with Crippen LogP contribution in [0.25, 0.3) is 0 Å². The quantitative estimate of drug-likeness (QED) is 0.925. The molecule has 3 nitrogen and oxygen atoms in total. The van der Waals surface area contributed by atoms with Crippen molar-refractivity contribution in [3.05, 3.63) is 52.1 Å². The van der Waals surface area contributed by atoms with Crippen molar-refractivity contribution in [2.75, 3.05) is 0 Å². The van der Waals surface area contributed by atoms with Gasteiger partial charge in [-0.15, -0.1) is 0 Å². The maximum atomic E-state index is 8.99. The summed E-state index contributed by atoms with van der Waals surface area (Å²) in [7, 11) is 0. The Hall–Kier alpha value is -1.29. The molecule has 1 N–H and O–H groups in total. The summed E-state index contributed by atoms with van der Waals surface area (Å²) in [6.45, 7) is -0.0603. The van der Waals surface area contributed by atoms with E-state index in [1.165, 1.54) is 0 Å². The zero-order chi connectivity index (χ0) is 12.3. The Balaban J connectivity index is 2.24. The van der Waals surface area contributed by atoms with Crippen LogP contribution in [0, 0.1) is 0 Å². The van der Waals surface area contributed by atoms with Crippen LogP contribution in [0.15, 0.2) is 36.5 Å². The molecule has 1 aromatic heterocycles. The third-order valence-corrected chi connectivity index (χ3v) is 2.48. The highest BCUT2D eigenvalue weighted by Crippen LogP contribution is 2.27. The lowest BCUT2D eigenvalue weighted by molar-refractivity contribution is 0.281. The van der Waals surface area contributed by atoms with Gasteiger partial charge in [0.05, 0.1) is 6.61 Å². The molecule has 2 aromatic rings. The average molecular weight is 270 g/mol. The van der Waals surface area contributed by atoms with Gasteiger partial charge < -0.3 is 9.84 Å². The van der Waals surface area contributed by atoms with E-state index in [-0.39, 0.29) is 6.61 Å². The number of halogens is 2. The summed E-state index contributed by atoms with van der Waals surface area (Å²) in [4.78, 5) is 4.02. The van der Waals surface area contributed by atoms with E-state index in [1.807, 2.05) is 0 Å². The van der Waals surface area contributed by atoms with Gasteiger partial charge in [-0.05, 0) is 29.8 Å². The summed E-state index contributed by atoms with van der Waals surface area (Å²) in [5.41, 5.74) is 0.725. The van der Waals surface area contributed by atoms with Gasteiger partial charge in [-0.3, -0.25) is 0 Å². The van der Waals surface area contributed by atoms with Crippen LogP contribution in [0.3, 0.4) is 0 Å². The van der Waals surface area contributed by atoms with Crippen molar-refractivity contribution in [3.63, 3.8) is 0 Å². The molecule has 88 valence electrons. The van der Waals surface area contributed by atoms with Gasteiger partial charge in [0, 0.05) is 22.3 Å². The lowest BCUT2D eigenvalue weighted by Gasteiger charge is -2.06. The normalized spacial score (nSPS) is 10.3. The predicted octanol–water partition coefficient (Wildman–Crippen LogP) is 3.67. The van der Waals surface area contributed by atoms with Gasteiger partial charge in [-0.25, -0.2) is 4.98 Å². The fraction of sp³-hybridized carbons (Fsp3) is 0.0833. The number of aliphatic hydroxyl groups excluding tert-OH is 1. The van der Waals surface area contributed by atoms with E-state index in [4.69, 9.17) is 33.0 Å². The minimum absolute atomic E-state index is 0.0603. The van der Waals surface area contributed by atoms with E-state index >= 15 is 0 Å². The molecule has 0 fully saturated rings. The SMILES string of the molecule is OCc1ccnc(Oc2cc(Cl)cc(Cl)c2)c1. The molecule has 0 amide bonds. The highest BCUT2D eigenvalue weighted by atomic mass is 35.5. The van der Waals surface area contributed by atoms with Crippen LogP contribution >= 0.6 is 23.2 Å². The summed E-state index contributed by atoms with van der Waals surface area (Å²) in [5, 5.41) is 9.97. The summed E-state index contributed by atoms with van der Waals surface area (Å²) in [6, 6.07) is 8.25. The first kappa shape index (κ1) is 12.2. The second-order valence-corrected chi connectivity index (χ2v) is 4.24. The average Bonchev–Trinajstić information content (AvgIpc) is 2.28. The minimum atomic E-state index is -0.0603. The molecule has 0 bridgehead atoms. The molecule has 0 saturated carbocycles. The largest absolute Gasteiger partial charge is 0.439 e. The van der Waals surface area contributed by atoms with E-state index in [2.05, 4.69) is 4.98 Å². The van der Waals surface area contributed by atoms with Crippen molar-refractivity contribution < 1.29 is 9.84 Å². The van der Waals surface area contributed by atoms with Crippen LogP contribution in [-0.2, 0) is 6.61 Å². The zero-order valence-electron chi connectivity index (χ0n) is 8.73. The number of nitrogens with zero attached hydrogens (tertiary/aromatic N) is 1. The Labute approximate surface area is 109 Å². The molecule has 2 rings (SSSR count). The predicted molar refractivity (Wildman–Crippen MR) is 66.7 cm³/mol. The first-order chi connectivity index (χ1) is 8.17. The van der Waals surface area contributed by atoms with Crippen LogP contribution in [-0.4, -0.2) is 10.1 Å². The zero-order valence-corrected chi connectivity index (χ0v) is 10.2. The van der Waals surface area contributed by atoms with E-state index in [9.17, 15) is 0 Å². The number of rotatable bonds is 3. The van der Waals surface area contributed by atoms with Gasteiger partial charge in [-0.1, -0.05) is 23.2 Å². The molecule has 0 spiro atoms. The third-order valence-electron chi connectivity index (χ3n) is 2.04. The highest BCUT2D eigenvalue weighted by Gasteiger charge is 2.03. The maximum absolute atomic E-state index is 8.99. The second kappa shape index (κ2) is 5.36. The Morgan fingerprint density at radius 2 is 1.82 bits per heavy atom. The smallest absolute Gasteiger partial charge is 0.219 e. The molecule has 5 heteroatoms. The van der Waals surface area contributed by atoms with Crippen molar-refractivity contribution >= 4 is 23.2 Å². The number of pyridine rings is 1. The summed E-state index contributed by atoms with van der Waals surface area (Å²) in [6.07, 6.45) is 1.56. The molecular weight excluding hydrogens is 261 g/mol. The Kier molecular flexibility index (Phi) is 3.84. The number of ether oxygens (including phenoxy) is 1. The third kappa shape index (κ3) is 3.33. The molecule has 0 aliphatic rings. The van der Waals surface area contributed by atoms with Crippen molar-refractivity contribution in [2.45, 2.75) is 6.61 Å². The molecule has 0 saturated heterocycles. The lowest BCUT2D eigenvalue weighted by Crippen LogP contribution is -1.90. The molecule has 0 unspecified atom stereocenters. The Bertz CT molecular complexity index is 511. The molecule has 1 heterocycles. The first-order valence-electron chi connectivity index (χ1n) is 4.87. The van der Waals surface area contributed by atoms with Crippen LogP contribution in [0.4, 0.5) is 0 Å². The Morgan fingerprint density at radius 3 is 2.47 bits per heavy atom. The fourth-order valence-corrected chi connectivity index (χ4v) is 1.82. The van der Waals surface area contributed by atoms with E-state index in [0.717, 1.165) is 5.56 Å². The van der Waals surface area contributed by atoms with Crippen LogP contribution in [0.1, 0.15) is 5.56 Å². The summed E-state index contributed by atoms with van der Waals surface area (Å²) < 4.78 is 5.49. The van der Waals surface area contributed by atoms with Gasteiger partial charge in [0.1, 0.15) is 5.75 Å². The van der Waals surface area contributed by atoms with Crippen molar-refractivity contribution in [1.82, 2.24) is 4.98 Å². The second-order valence-electron chi connectivity index (χ2n) is 3.37. The number of hydrogen-bond acceptors (Lipinski definition) is 3. The van der Waals surface area contributed by atoms with Gasteiger partial charge >= 0.3 is 0 Å². The number of hydrogen-bond donors (Lipinski definition) is 1. The molecule has 1 aromatic carbocycles. The first-order valence-corrected chi connectivity index (χ1v) is 5.63. The number of aliphatic hydroxyl groups is 1. The number of aromatic nitrogens is 1. The molecule has 0 radical (unpaired) electrons. The van der Waals surface area contributed by atoms with Gasteiger partial charge in [0.15, 0.2) is 0 Å². The fourth-order valence-electron chi connectivity index (χ4n) is 1.31. The summed E-state index contributed by atoms with van der Waals surface area (Å²) in [5.74, 6) is 0.889. The van der Waals surface area contributed by atoms with E-state index in [1.54, 1.807) is 36.5 Å². The van der Waals surface area contributed by atoms with E-state index in [0.29, 0.717) is 21.7 Å². The topological polar surface area (TPSA) is 42.4 Å². The monoisotopic (exact) mass is 269 g/mol. The van der Waals surface area contributed by atoms with Crippen LogP contribution in [0.2, 0.25) is 10.0 Å². The summed E-state index contributed by atoms with van der Waals surface area (Å²) >= 11 is 11.7. The van der Waals surface area contributed by atoms with Crippen molar-refractivity contribution in [1.29, 1.82) is 0 Å². The Morgan fingerprint density at radius 1 is 1.12 bits per heavy atom. The number of benzene rings is 1. The molecule has 0 atom stereocenters. The standard InChI is InChI=1S/C12H9Cl2NO2/c13-9-4-10(14)6-11(5-9)17-12-3-8(7-16)1-2-15-12/h1-6,16H,7H2. The lowest BCUT2D eigenvalue weighted by atomic mass is 10.3. The minimum Gasteiger partial charge on any atom is -0.439 e. The maximum Gasteiger partial charge on any atom is 0.219 e. The van der Waals surface area contributed by atoms with Gasteiger partial charge in [-0.2, -0.15) is 0 Å². The van der Waals surface area contributed by atoms with E-state index < -0.39 is 0 Å². The molecular formula is C12H9Cl2NO2.